The molecule has 3 aliphatic heterocycles. The quantitative estimate of drug-likeness (QED) is 0.0282. The number of fused-ring (bicyclic) bond motifs is 3. The Labute approximate surface area is 427 Å². The lowest BCUT2D eigenvalue weighted by molar-refractivity contribution is -0.250. The van der Waals surface area contributed by atoms with Crippen molar-refractivity contribution in [2.75, 3.05) is 48.1 Å². The third kappa shape index (κ3) is 16.3. The van der Waals surface area contributed by atoms with E-state index in [2.05, 4.69) is 54.5 Å². The number of rotatable bonds is 20. The number of hydrogen-bond donors (Lipinski definition) is 6. The number of carbonyl (C=O) groups excluding carboxylic acids is 1. The van der Waals surface area contributed by atoms with Gasteiger partial charge in [-0.05, 0) is 23.4 Å². The zero-order valence-corrected chi connectivity index (χ0v) is 44.6. The summed E-state index contributed by atoms with van der Waals surface area (Å²) in [5.41, 5.74) is 11.3. The second-order valence-electron chi connectivity index (χ2n) is 14.2. The fourth-order valence-corrected chi connectivity index (χ4v) is 13.1. The molecule has 0 amide bonds. The maximum Gasteiger partial charge on any atom is 0.403 e. The molecule has 2 saturated heterocycles. The molecule has 7 heterocycles. The number of phosphoric ester groups is 1. The van der Waals surface area contributed by atoms with Crippen molar-refractivity contribution >= 4 is 126 Å². The van der Waals surface area contributed by atoms with Crippen LogP contribution in [0.3, 0.4) is 0 Å². The van der Waals surface area contributed by atoms with Crippen LogP contribution in [-0.2, 0) is 50.3 Å². The van der Waals surface area contributed by atoms with E-state index in [-0.39, 0.29) is 53.6 Å². The number of halogens is 1. The summed E-state index contributed by atoms with van der Waals surface area (Å²) in [5, 5.41) is 9.52. The van der Waals surface area contributed by atoms with Gasteiger partial charge in [0.15, 0.2) is 22.3 Å². The number of anilines is 2. The fraction of sp³-hybridized carbons (Fsp3) is 0.485. The summed E-state index contributed by atoms with van der Waals surface area (Å²) >= 11 is 5.54. The highest BCUT2D eigenvalue weighted by Crippen LogP contribution is 2.61. The van der Waals surface area contributed by atoms with Gasteiger partial charge < -0.3 is 68.7 Å². The Morgan fingerprint density at radius 3 is 1.83 bits per heavy atom. The average molecular weight is 1190 g/mol. The molecule has 6 unspecified atom stereocenters. The van der Waals surface area contributed by atoms with Gasteiger partial charge in [0.25, 0.3) is 34.6 Å². The number of para-hydroxylation sites is 1. The molecule has 72 heavy (non-hydrogen) atoms. The Bertz CT molecular complexity index is 2920. The molecule has 4 aromatic heterocycles. The number of ether oxygens (including phenoxy) is 4. The number of aromatic amines is 2. The number of nitrogens with one attached hydrogen (secondary N) is 2. The van der Waals surface area contributed by atoms with Gasteiger partial charge in [-0.2, -0.15) is 9.97 Å². The van der Waals surface area contributed by atoms with E-state index in [9.17, 15) is 47.9 Å². The van der Waals surface area contributed by atoms with Gasteiger partial charge in [0.2, 0.25) is 11.9 Å². The first-order valence-electron chi connectivity index (χ1n) is 20.4. The maximum atomic E-state index is 12.0. The van der Waals surface area contributed by atoms with Crippen LogP contribution in [0.15, 0.2) is 46.5 Å². The Balaban J connectivity index is 0.000000200. The lowest BCUT2D eigenvalue weighted by atomic mass is 10.2. The van der Waals surface area contributed by atoms with E-state index in [1.54, 1.807) is 50.4 Å². The van der Waals surface area contributed by atoms with Crippen molar-refractivity contribution in [2.24, 2.45) is 0 Å². The van der Waals surface area contributed by atoms with Gasteiger partial charge in [-0.1, -0.05) is 69.2 Å². The van der Waals surface area contributed by atoms with Crippen LogP contribution >= 0.6 is 85.6 Å². The van der Waals surface area contributed by atoms with Gasteiger partial charge in [-0.25, -0.2) is 23.4 Å². The van der Waals surface area contributed by atoms with Crippen LogP contribution in [0.2, 0.25) is 0 Å². The summed E-state index contributed by atoms with van der Waals surface area (Å²) in [7, 11) is -13.0. The number of aliphatic hydroxyl groups is 1. The molecule has 3 aliphatic rings. The highest BCUT2D eigenvalue weighted by molar-refractivity contribution is 8.76. The van der Waals surface area contributed by atoms with Crippen LogP contribution in [0, 0.1) is 0 Å². The van der Waals surface area contributed by atoms with Crippen molar-refractivity contribution in [3.05, 3.63) is 63.2 Å². The number of nitrogens with two attached hydrogens (primary N) is 2. The fourth-order valence-electron chi connectivity index (χ4n) is 6.56. The zero-order valence-electron chi connectivity index (χ0n) is 37.0. The largest absolute Gasteiger partial charge is 0.756 e. The average Bonchev–Trinajstić information content (AvgIpc) is 4.10. The molecule has 30 nitrogen and oxygen atoms in total. The third-order valence-corrected chi connectivity index (χ3v) is 18.4. The van der Waals surface area contributed by atoms with Crippen LogP contribution in [-0.4, -0.2) is 116 Å². The van der Waals surface area contributed by atoms with E-state index in [1.165, 1.54) is 38.8 Å². The number of nitrogen functional groups attached to an aromatic ring is 2. The minimum absolute atomic E-state index is 0.0201. The number of hydrogen-bond acceptors (Lipinski definition) is 29. The van der Waals surface area contributed by atoms with Crippen molar-refractivity contribution < 1.29 is 84.3 Å². The van der Waals surface area contributed by atoms with Gasteiger partial charge in [-0.3, -0.25) is 42.4 Å². The molecule has 8 N–H and O–H groups in total. The van der Waals surface area contributed by atoms with Crippen LogP contribution in [0.1, 0.15) is 49.5 Å². The summed E-state index contributed by atoms with van der Waals surface area (Å²) in [5.74, 6) is 2.42. The molecule has 2 fully saturated rings. The van der Waals surface area contributed by atoms with Gasteiger partial charge >= 0.3 is 13.7 Å². The van der Waals surface area contributed by atoms with E-state index in [1.807, 2.05) is 6.92 Å². The number of aliphatic hydroxyl groups excluding tert-OH is 1. The van der Waals surface area contributed by atoms with Crippen molar-refractivity contribution in [1.82, 2.24) is 39.0 Å². The molecule has 0 spiro atoms. The topological polar surface area (TPSA) is 440 Å². The molecule has 0 saturated carbocycles. The second-order valence-corrected chi connectivity index (χ2v) is 25.5. The van der Waals surface area contributed by atoms with Crippen LogP contribution in [0.4, 0.5) is 11.9 Å². The van der Waals surface area contributed by atoms with E-state index in [0.29, 0.717) is 29.3 Å². The van der Waals surface area contributed by atoms with Crippen LogP contribution in [0.5, 0.6) is 5.75 Å². The molecule has 5 aromatic rings. The summed E-state index contributed by atoms with van der Waals surface area (Å²) in [6.45, 7) is 3.05. The molecule has 10 atom stereocenters. The van der Waals surface area contributed by atoms with E-state index in [0.717, 1.165) is 11.5 Å². The molecular formula is C33H42ClN10O20P4S4-3. The predicted molar refractivity (Wildman–Crippen MR) is 259 cm³/mol. The standard InChI is InChI=1S/C13H22N5O13P3S2.C13H19N5O4S2.C7H4ClO3P/c1-2-35-36-6-27-7-3-9(18-5-15-10-11(18)16-13(14)17-12(10)19)29-8(7)4-28-33(23,24)31-34(25,26)30-32(20,21)22;1-2-23-24-6-21-7-3-9(22-8(7)4-19)18-5-15-10-11(18)16-13(14)17-12(10)20;8-12-10-6-4-2-1-3-5(6)7(9)11-12/h5,7-9H,2-4,6H2,1H3,(H,23,24)(H,25,26)(H2,20,21,22)(H3,14,16,17,19);5,7-9,19H,2-4,6H2,1H3,(H3,14,16,17,20);1-4H/p-3/t2*7?,8-,9-;/m11./s1. The third-order valence-electron chi connectivity index (χ3n) is 9.36. The minimum Gasteiger partial charge on any atom is -0.756 e. The summed E-state index contributed by atoms with van der Waals surface area (Å²) in [4.78, 5) is 98.3. The number of imidazole rings is 2. The molecular weight excluding hydrogens is 1140 g/mol. The first-order valence-corrected chi connectivity index (χ1v) is 31.8. The Morgan fingerprint density at radius 1 is 0.806 bits per heavy atom. The monoisotopic (exact) mass is 1190 g/mol. The highest BCUT2D eigenvalue weighted by Gasteiger charge is 2.40. The number of carbonyl (C=O) groups is 1. The molecule has 1 aromatic carbocycles. The van der Waals surface area contributed by atoms with E-state index < -0.39 is 85.7 Å². The zero-order chi connectivity index (χ0) is 52.4. The lowest BCUT2D eigenvalue weighted by Gasteiger charge is -2.33. The minimum atomic E-state index is -6.05. The lowest BCUT2D eigenvalue weighted by Crippen LogP contribution is -2.30. The van der Waals surface area contributed by atoms with Gasteiger partial charge in [0, 0.05) is 24.3 Å². The Hall–Kier alpha value is -2.88. The van der Waals surface area contributed by atoms with Crippen molar-refractivity contribution in [3.63, 3.8) is 0 Å². The number of aromatic nitrogens is 8. The SMILES string of the molecule is CCSSCOC1C[C@H](n2cnc3c(=O)[nH]c(N)nc32)O[C@@H]1CO.CCSSCOC1C[C@H](n2cnc3c(=O)[nH]c(N)nc32)O[C@@H]1COP(=O)([O-])OP(=O)([O-])OP(=O)([O-])O.O=C1OP(Cl)Oc2ccccc21. The first-order chi connectivity index (χ1) is 34.1. The van der Waals surface area contributed by atoms with E-state index >= 15 is 0 Å². The van der Waals surface area contributed by atoms with Gasteiger partial charge in [-0.15, -0.1) is 0 Å². The van der Waals surface area contributed by atoms with E-state index in [4.69, 9.17) is 51.1 Å². The van der Waals surface area contributed by atoms with Crippen molar-refractivity contribution in [2.45, 2.75) is 63.6 Å². The smallest absolute Gasteiger partial charge is 0.403 e. The normalized spacial score (nSPS) is 24.2. The Morgan fingerprint density at radius 2 is 1.32 bits per heavy atom. The van der Waals surface area contributed by atoms with Crippen LogP contribution in [0.25, 0.3) is 22.3 Å². The number of benzene rings is 1. The molecule has 39 heteroatoms. The number of H-pyrrole nitrogens is 2. The number of nitrogens with zero attached hydrogens (tertiary/aromatic N) is 6. The summed E-state index contributed by atoms with van der Waals surface area (Å²) in [6.07, 6.45) is -0.447. The van der Waals surface area contributed by atoms with Crippen LogP contribution < -0.4 is 41.8 Å². The number of phosphoric acid groups is 3. The van der Waals surface area contributed by atoms with Crippen molar-refractivity contribution in [3.8, 4) is 5.75 Å². The summed E-state index contributed by atoms with van der Waals surface area (Å²) in [6, 6.07) is 6.84. The molecule has 0 bridgehead atoms. The predicted octanol–water partition coefficient (Wildman–Crippen LogP) is 2.61. The van der Waals surface area contributed by atoms with Gasteiger partial charge in [0.05, 0.1) is 38.1 Å². The molecule has 8 rings (SSSR count). The Kier molecular flexibility index (Phi) is 21.3. The first kappa shape index (κ1) is 58.4. The van der Waals surface area contributed by atoms with Gasteiger partial charge in [0.1, 0.15) is 47.9 Å². The second kappa shape index (κ2) is 26.3. The summed E-state index contributed by atoms with van der Waals surface area (Å²) < 4.78 is 81.3. The molecule has 398 valence electrons. The highest BCUT2D eigenvalue weighted by atomic mass is 35.7. The molecule has 0 aliphatic carbocycles. The maximum absolute atomic E-state index is 12.0. The molecule has 0 radical (unpaired) electrons. The van der Waals surface area contributed by atoms with Crippen molar-refractivity contribution in [1.29, 1.82) is 0 Å².